The number of aliphatic hydroxyl groups excluding tert-OH is 1. The summed E-state index contributed by atoms with van der Waals surface area (Å²) in [5.41, 5.74) is 2.29. The second-order valence-electron chi connectivity index (χ2n) is 5.33. The van der Waals surface area contributed by atoms with Crippen molar-refractivity contribution in [2.45, 2.75) is 6.42 Å². The van der Waals surface area contributed by atoms with Gasteiger partial charge in [0.1, 0.15) is 7.05 Å². The normalized spacial score (nSPS) is 13.2. The number of aliphatic hydroxyl groups is 1. The Bertz CT molecular complexity index is 858. The minimum Gasteiger partial charge on any atom is -0.454 e. The molecule has 0 atom stereocenters. The Labute approximate surface area is 122 Å². The van der Waals surface area contributed by atoms with Gasteiger partial charge in [-0.1, -0.05) is 6.07 Å². The van der Waals surface area contributed by atoms with E-state index >= 15 is 0 Å². The van der Waals surface area contributed by atoms with E-state index in [0.717, 1.165) is 33.4 Å². The van der Waals surface area contributed by atoms with Crippen molar-refractivity contribution in [1.29, 1.82) is 0 Å². The summed E-state index contributed by atoms with van der Waals surface area (Å²) in [7, 11) is 2.03. The van der Waals surface area contributed by atoms with Crippen molar-refractivity contribution >= 4 is 21.7 Å². The summed E-state index contributed by atoms with van der Waals surface area (Å²) < 4.78 is 13.2. The minimum absolute atomic E-state index is 0.161. The minimum atomic E-state index is 0.161. The molecule has 0 amide bonds. The number of aromatic nitrogens is 1. The van der Waals surface area contributed by atoms with Gasteiger partial charge < -0.3 is 14.6 Å². The van der Waals surface area contributed by atoms with E-state index in [-0.39, 0.29) is 13.4 Å². The summed E-state index contributed by atoms with van der Waals surface area (Å²) in [6, 6.07) is 10.4. The lowest BCUT2D eigenvalue weighted by Gasteiger charge is -2.07. The topological polar surface area (TPSA) is 42.6 Å². The molecule has 0 saturated carbocycles. The summed E-state index contributed by atoms with van der Waals surface area (Å²) in [6.45, 7) is 0.440. The van der Waals surface area contributed by atoms with E-state index < -0.39 is 0 Å². The molecule has 0 unspecified atom stereocenters. The van der Waals surface area contributed by atoms with Gasteiger partial charge in [0.05, 0.1) is 10.8 Å². The predicted molar refractivity (Wildman–Crippen MR) is 79.5 cm³/mol. The second kappa shape index (κ2) is 4.60. The van der Waals surface area contributed by atoms with Crippen molar-refractivity contribution in [3.05, 3.63) is 42.1 Å². The van der Waals surface area contributed by atoms with Crippen LogP contribution in [0.2, 0.25) is 0 Å². The Morgan fingerprint density at radius 3 is 2.86 bits per heavy atom. The molecule has 0 fully saturated rings. The van der Waals surface area contributed by atoms with Gasteiger partial charge in [-0.25, -0.2) is 4.57 Å². The summed E-state index contributed by atoms with van der Waals surface area (Å²) >= 11 is 0. The van der Waals surface area contributed by atoms with Crippen LogP contribution in [0.25, 0.3) is 21.7 Å². The van der Waals surface area contributed by atoms with Crippen molar-refractivity contribution in [3.8, 4) is 11.5 Å². The van der Waals surface area contributed by atoms with Crippen LogP contribution in [0.15, 0.2) is 36.5 Å². The van der Waals surface area contributed by atoms with Crippen LogP contribution in [0.1, 0.15) is 5.56 Å². The molecule has 0 aliphatic carbocycles. The van der Waals surface area contributed by atoms with Gasteiger partial charge in [-0.15, -0.1) is 0 Å². The Hall–Kier alpha value is -2.33. The number of hydrogen-bond acceptors (Lipinski definition) is 3. The molecule has 4 heteroatoms. The second-order valence-corrected chi connectivity index (χ2v) is 5.33. The average Bonchev–Trinajstić information content (AvgIpc) is 2.96. The van der Waals surface area contributed by atoms with Crippen LogP contribution in [-0.2, 0) is 13.5 Å². The molecule has 0 saturated heterocycles. The molecule has 1 aliphatic rings. The molecule has 21 heavy (non-hydrogen) atoms. The number of nitrogens with zero attached hydrogens (tertiary/aromatic N) is 1. The lowest BCUT2D eigenvalue weighted by Crippen LogP contribution is -2.28. The van der Waals surface area contributed by atoms with Gasteiger partial charge in [-0.2, -0.15) is 0 Å². The SMILES string of the molecule is C[n+]1cc2c3c(ccc2c2cc(CCO)ccc21)OCO3. The first kappa shape index (κ1) is 12.4. The first-order valence-corrected chi connectivity index (χ1v) is 7.02. The van der Waals surface area contributed by atoms with Crippen LogP contribution in [0, 0.1) is 0 Å². The van der Waals surface area contributed by atoms with Crippen molar-refractivity contribution in [2.24, 2.45) is 7.05 Å². The van der Waals surface area contributed by atoms with Gasteiger partial charge in [-0.05, 0) is 30.2 Å². The highest BCUT2D eigenvalue weighted by molar-refractivity contribution is 6.07. The fourth-order valence-corrected chi connectivity index (χ4v) is 3.01. The molecule has 106 valence electrons. The molecule has 3 aromatic rings. The zero-order valence-electron chi connectivity index (χ0n) is 11.8. The molecule has 4 nitrogen and oxygen atoms in total. The fourth-order valence-electron chi connectivity index (χ4n) is 3.01. The van der Waals surface area contributed by atoms with Crippen LogP contribution in [0.5, 0.6) is 11.5 Å². The van der Waals surface area contributed by atoms with Crippen LogP contribution in [-0.4, -0.2) is 18.5 Å². The highest BCUT2D eigenvalue weighted by Crippen LogP contribution is 2.40. The number of benzene rings is 2. The van der Waals surface area contributed by atoms with Crippen molar-refractivity contribution in [2.75, 3.05) is 13.4 Å². The molecule has 1 aromatic heterocycles. The molecule has 1 aliphatic heterocycles. The van der Waals surface area contributed by atoms with Gasteiger partial charge in [0, 0.05) is 18.1 Å². The third-order valence-corrected chi connectivity index (χ3v) is 4.03. The van der Waals surface area contributed by atoms with Crippen molar-refractivity contribution < 1.29 is 19.1 Å². The number of aryl methyl sites for hydroxylation is 1. The Balaban J connectivity index is 2.09. The van der Waals surface area contributed by atoms with E-state index in [4.69, 9.17) is 14.6 Å². The summed E-state index contributed by atoms with van der Waals surface area (Å²) in [6.07, 6.45) is 2.75. The van der Waals surface area contributed by atoms with Crippen LogP contribution in [0.3, 0.4) is 0 Å². The van der Waals surface area contributed by atoms with E-state index in [2.05, 4.69) is 35.0 Å². The van der Waals surface area contributed by atoms with Gasteiger partial charge in [0.15, 0.2) is 17.7 Å². The van der Waals surface area contributed by atoms with Gasteiger partial charge in [0.2, 0.25) is 12.3 Å². The van der Waals surface area contributed by atoms with Crippen LogP contribution >= 0.6 is 0 Å². The lowest BCUT2D eigenvalue weighted by atomic mass is 10.0. The molecule has 0 bridgehead atoms. The first-order valence-electron chi connectivity index (χ1n) is 7.02. The molecule has 0 radical (unpaired) electrons. The third kappa shape index (κ3) is 1.83. The monoisotopic (exact) mass is 282 g/mol. The highest BCUT2D eigenvalue weighted by Gasteiger charge is 2.21. The predicted octanol–water partition coefficient (Wildman–Crippen LogP) is 2.08. The Kier molecular flexibility index (Phi) is 2.72. The summed E-state index contributed by atoms with van der Waals surface area (Å²) in [4.78, 5) is 0. The van der Waals surface area contributed by atoms with E-state index in [9.17, 15) is 0 Å². The highest BCUT2D eigenvalue weighted by atomic mass is 16.7. The number of fused-ring (bicyclic) bond motifs is 5. The zero-order valence-corrected chi connectivity index (χ0v) is 11.8. The zero-order chi connectivity index (χ0) is 14.4. The molecule has 2 aromatic carbocycles. The number of ether oxygens (including phenoxy) is 2. The smallest absolute Gasteiger partial charge is 0.231 e. The first-order chi connectivity index (χ1) is 10.3. The van der Waals surface area contributed by atoms with Gasteiger partial charge in [-0.3, -0.25) is 0 Å². The quantitative estimate of drug-likeness (QED) is 0.578. The molecule has 1 N–H and O–H groups in total. The third-order valence-electron chi connectivity index (χ3n) is 4.03. The maximum absolute atomic E-state index is 9.14. The van der Waals surface area contributed by atoms with E-state index in [1.807, 2.05) is 13.1 Å². The number of pyridine rings is 1. The number of hydrogen-bond donors (Lipinski definition) is 1. The summed E-state index contributed by atoms with van der Waals surface area (Å²) in [5, 5.41) is 12.5. The van der Waals surface area contributed by atoms with E-state index in [1.54, 1.807) is 0 Å². The van der Waals surface area contributed by atoms with Crippen LogP contribution in [0.4, 0.5) is 0 Å². The Morgan fingerprint density at radius 1 is 1.10 bits per heavy atom. The molecule has 0 spiro atoms. The number of rotatable bonds is 2. The molecular formula is C17H16NO3+. The van der Waals surface area contributed by atoms with Crippen molar-refractivity contribution in [1.82, 2.24) is 0 Å². The molecule has 2 heterocycles. The summed E-state index contributed by atoms with van der Waals surface area (Å²) in [5.74, 6) is 1.62. The maximum Gasteiger partial charge on any atom is 0.231 e. The van der Waals surface area contributed by atoms with E-state index in [0.29, 0.717) is 6.42 Å². The standard InChI is InChI=1S/C17H16NO3/c1-18-9-14-12(3-5-16-17(14)21-10-20-16)13-8-11(6-7-19)2-4-15(13)18/h2-5,8-9,19H,6-7,10H2,1H3/q+1. The molecular weight excluding hydrogens is 266 g/mol. The van der Waals surface area contributed by atoms with Crippen LogP contribution < -0.4 is 14.0 Å². The maximum atomic E-state index is 9.14. The fraction of sp³-hybridized carbons (Fsp3) is 0.235. The average molecular weight is 282 g/mol. The van der Waals surface area contributed by atoms with Gasteiger partial charge in [0.25, 0.3) is 0 Å². The molecule has 4 rings (SSSR count). The van der Waals surface area contributed by atoms with Gasteiger partial charge >= 0.3 is 0 Å². The van der Waals surface area contributed by atoms with E-state index in [1.165, 1.54) is 5.39 Å². The Morgan fingerprint density at radius 2 is 2.00 bits per heavy atom. The lowest BCUT2D eigenvalue weighted by molar-refractivity contribution is -0.643. The largest absolute Gasteiger partial charge is 0.454 e. The van der Waals surface area contributed by atoms with Crippen molar-refractivity contribution in [3.63, 3.8) is 0 Å².